The predicted octanol–water partition coefficient (Wildman–Crippen LogP) is 3.78. The maximum absolute atomic E-state index is 13.6. The van der Waals surface area contributed by atoms with Gasteiger partial charge in [-0.05, 0) is 68.8 Å². The van der Waals surface area contributed by atoms with Crippen LogP contribution < -0.4 is 5.32 Å². The van der Waals surface area contributed by atoms with Crippen molar-refractivity contribution in [1.29, 1.82) is 0 Å². The van der Waals surface area contributed by atoms with Crippen LogP contribution in [0.5, 0.6) is 0 Å². The minimum atomic E-state index is -3.71. The molecular weight excluding hydrogens is 547 g/mol. The summed E-state index contributed by atoms with van der Waals surface area (Å²) in [5.74, 6) is -0.998. The van der Waals surface area contributed by atoms with Gasteiger partial charge in [-0.15, -0.1) is 0 Å². The van der Waals surface area contributed by atoms with Gasteiger partial charge in [0.2, 0.25) is 10.0 Å². The number of carbonyl (C=O) groups is 2. The molecule has 2 heterocycles. The Morgan fingerprint density at radius 2 is 1.74 bits per heavy atom. The van der Waals surface area contributed by atoms with Crippen LogP contribution in [0.1, 0.15) is 31.9 Å². The lowest BCUT2D eigenvalue weighted by Gasteiger charge is -2.38. The average molecular weight is 579 g/mol. The zero-order chi connectivity index (χ0) is 28.2. The quantitative estimate of drug-likeness (QED) is 0.479. The van der Waals surface area contributed by atoms with Crippen LogP contribution in [0.15, 0.2) is 64.7 Å². The van der Waals surface area contributed by atoms with E-state index in [9.17, 15) is 22.4 Å². The van der Waals surface area contributed by atoms with Gasteiger partial charge in [-0.2, -0.15) is 4.31 Å². The SMILES string of the molecule is CCOC(=O)C1=C(CN2CCCN(S(=O)(=O)c3ccc(Cl)cc3)CC2)N(CC)C(=O)N[C@@H]1c1ccc(F)cc1. The van der Waals surface area contributed by atoms with E-state index in [2.05, 4.69) is 5.32 Å². The number of urea groups is 1. The summed E-state index contributed by atoms with van der Waals surface area (Å²) < 4.78 is 46.9. The number of carbonyl (C=O) groups excluding carboxylic acids is 2. The Morgan fingerprint density at radius 1 is 1.05 bits per heavy atom. The third kappa shape index (κ3) is 6.43. The molecule has 1 fully saturated rings. The molecule has 0 spiro atoms. The van der Waals surface area contributed by atoms with Crippen molar-refractivity contribution in [2.75, 3.05) is 45.9 Å². The summed E-state index contributed by atoms with van der Waals surface area (Å²) in [5.41, 5.74) is 1.32. The van der Waals surface area contributed by atoms with Crippen molar-refractivity contribution in [2.24, 2.45) is 0 Å². The van der Waals surface area contributed by atoms with E-state index in [1.165, 1.54) is 45.6 Å². The summed E-state index contributed by atoms with van der Waals surface area (Å²) in [4.78, 5) is 30.1. The Labute approximate surface area is 233 Å². The van der Waals surface area contributed by atoms with E-state index in [1.807, 2.05) is 11.8 Å². The number of ether oxygens (including phenoxy) is 1. The first-order chi connectivity index (χ1) is 18.6. The number of sulfonamides is 1. The second kappa shape index (κ2) is 12.5. The minimum absolute atomic E-state index is 0.146. The molecule has 2 aromatic carbocycles. The summed E-state index contributed by atoms with van der Waals surface area (Å²) in [6, 6.07) is 10.5. The minimum Gasteiger partial charge on any atom is -0.463 e. The number of likely N-dealkylation sites (N-methyl/N-ethyl adjacent to an activating group) is 1. The topological polar surface area (TPSA) is 99.3 Å². The number of esters is 1. The van der Waals surface area contributed by atoms with E-state index in [4.69, 9.17) is 16.3 Å². The average Bonchev–Trinajstić information content (AvgIpc) is 3.15. The highest BCUT2D eigenvalue weighted by Gasteiger charge is 2.38. The molecule has 1 N–H and O–H groups in total. The Bertz CT molecular complexity index is 1330. The number of hydrogen-bond acceptors (Lipinski definition) is 6. The van der Waals surface area contributed by atoms with Crippen molar-refractivity contribution in [3.8, 4) is 0 Å². The van der Waals surface area contributed by atoms with Gasteiger partial charge in [0.15, 0.2) is 0 Å². The van der Waals surface area contributed by atoms with Crippen LogP contribution in [0.25, 0.3) is 0 Å². The smallest absolute Gasteiger partial charge is 0.338 e. The maximum atomic E-state index is 13.6. The monoisotopic (exact) mass is 578 g/mol. The van der Waals surface area contributed by atoms with Crippen molar-refractivity contribution in [3.63, 3.8) is 0 Å². The van der Waals surface area contributed by atoms with Crippen molar-refractivity contribution in [3.05, 3.63) is 76.2 Å². The number of rotatable bonds is 8. The standard InChI is InChI=1S/C27H32ClFN4O5S/c1-3-33-23(24(26(34)38-4-2)25(30-27(33)35)19-6-10-21(29)11-7-19)18-31-14-5-15-32(17-16-31)39(36,37)22-12-8-20(28)9-13-22/h6-13,25H,3-5,14-18H2,1-2H3,(H,30,35)/t25-/m1/s1. The first-order valence-corrected chi connectivity index (χ1v) is 14.7. The van der Waals surface area contributed by atoms with Crippen LogP contribution in [0.2, 0.25) is 5.02 Å². The molecule has 39 heavy (non-hydrogen) atoms. The number of nitrogens with zero attached hydrogens (tertiary/aromatic N) is 3. The Kier molecular flexibility index (Phi) is 9.27. The molecule has 0 aromatic heterocycles. The lowest BCUT2D eigenvalue weighted by atomic mass is 9.94. The third-order valence-electron chi connectivity index (χ3n) is 6.83. The molecule has 2 aromatic rings. The molecule has 2 aliphatic rings. The Balaban J connectivity index is 1.63. The summed E-state index contributed by atoms with van der Waals surface area (Å²) in [6.45, 7) is 5.74. The van der Waals surface area contributed by atoms with E-state index >= 15 is 0 Å². The molecule has 9 nitrogen and oxygen atoms in total. The zero-order valence-electron chi connectivity index (χ0n) is 21.9. The summed E-state index contributed by atoms with van der Waals surface area (Å²) in [5, 5.41) is 3.32. The first kappa shape index (κ1) is 29.0. The largest absolute Gasteiger partial charge is 0.463 e. The fraction of sp³-hybridized carbons (Fsp3) is 0.407. The van der Waals surface area contributed by atoms with Crippen molar-refractivity contribution in [1.82, 2.24) is 19.4 Å². The van der Waals surface area contributed by atoms with Crippen LogP contribution in [-0.2, 0) is 19.6 Å². The number of amides is 2. The molecule has 1 atom stereocenters. The first-order valence-electron chi connectivity index (χ1n) is 12.9. The summed E-state index contributed by atoms with van der Waals surface area (Å²) in [6.07, 6.45) is 0.564. The maximum Gasteiger partial charge on any atom is 0.338 e. The van der Waals surface area contributed by atoms with Crippen LogP contribution in [0.4, 0.5) is 9.18 Å². The van der Waals surface area contributed by atoms with Gasteiger partial charge in [0.1, 0.15) is 5.82 Å². The molecule has 0 aliphatic carbocycles. The van der Waals surface area contributed by atoms with Gasteiger partial charge in [-0.3, -0.25) is 9.80 Å². The molecule has 0 unspecified atom stereocenters. The van der Waals surface area contributed by atoms with Gasteiger partial charge < -0.3 is 10.1 Å². The zero-order valence-corrected chi connectivity index (χ0v) is 23.5. The van der Waals surface area contributed by atoms with Crippen LogP contribution >= 0.6 is 11.6 Å². The second-order valence-electron chi connectivity index (χ2n) is 9.25. The Morgan fingerprint density at radius 3 is 2.38 bits per heavy atom. The van der Waals surface area contributed by atoms with Gasteiger partial charge in [0.05, 0.1) is 23.1 Å². The summed E-state index contributed by atoms with van der Waals surface area (Å²) in [7, 11) is -3.71. The molecular formula is C27H32ClFN4O5S. The van der Waals surface area contributed by atoms with Gasteiger partial charge in [-0.1, -0.05) is 23.7 Å². The number of halogens is 2. The van der Waals surface area contributed by atoms with Crippen molar-refractivity contribution >= 4 is 33.6 Å². The van der Waals surface area contributed by atoms with Crippen LogP contribution in [-0.4, -0.2) is 80.4 Å². The Hall–Kier alpha value is -2.99. The van der Waals surface area contributed by atoms with Gasteiger partial charge in [-0.25, -0.2) is 22.4 Å². The highest BCUT2D eigenvalue weighted by molar-refractivity contribution is 7.89. The molecule has 2 amide bonds. The molecule has 0 saturated carbocycles. The van der Waals surface area contributed by atoms with E-state index in [-0.39, 0.29) is 36.2 Å². The third-order valence-corrected chi connectivity index (χ3v) is 8.99. The highest BCUT2D eigenvalue weighted by Crippen LogP contribution is 2.32. The lowest BCUT2D eigenvalue weighted by molar-refractivity contribution is -0.139. The van der Waals surface area contributed by atoms with E-state index in [0.29, 0.717) is 48.9 Å². The van der Waals surface area contributed by atoms with E-state index in [1.54, 1.807) is 19.1 Å². The molecule has 4 rings (SSSR count). The number of hydrogen-bond donors (Lipinski definition) is 1. The lowest BCUT2D eigenvalue weighted by Crippen LogP contribution is -2.51. The summed E-state index contributed by atoms with van der Waals surface area (Å²) >= 11 is 5.93. The van der Waals surface area contributed by atoms with E-state index in [0.717, 1.165) is 0 Å². The second-order valence-corrected chi connectivity index (χ2v) is 11.6. The van der Waals surface area contributed by atoms with Crippen molar-refractivity contribution in [2.45, 2.75) is 31.2 Å². The molecule has 1 saturated heterocycles. The van der Waals surface area contributed by atoms with Crippen LogP contribution in [0, 0.1) is 5.82 Å². The highest BCUT2D eigenvalue weighted by atomic mass is 35.5. The van der Waals surface area contributed by atoms with Gasteiger partial charge >= 0.3 is 12.0 Å². The van der Waals surface area contributed by atoms with Crippen LogP contribution in [0.3, 0.4) is 0 Å². The molecule has 12 heteroatoms. The molecule has 0 radical (unpaired) electrons. The van der Waals surface area contributed by atoms with Crippen molar-refractivity contribution < 1.29 is 27.1 Å². The fourth-order valence-corrected chi connectivity index (χ4v) is 6.47. The number of nitrogens with one attached hydrogen (secondary N) is 1. The number of benzene rings is 2. The predicted molar refractivity (Wildman–Crippen MR) is 145 cm³/mol. The molecule has 0 bridgehead atoms. The van der Waals surface area contributed by atoms with Gasteiger partial charge in [0.25, 0.3) is 0 Å². The normalized spacial score (nSPS) is 19.5. The fourth-order valence-electron chi connectivity index (χ4n) is 4.88. The van der Waals surface area contributed by atoms with E-state index < -0.39 is 27.9 Å². The van der Waals surface area contributed by atoms with Gasteiger partial charge in [0, 0.05) is 43.4 Å². The molecule has 2 aliphatic heterocycles. The molecule has 210 valence electrons.